The van der Waals surface area contributed by atoms with Crippen LogP contribution in [0, 0.1) is 0 Å². The fourth-order valence-electron chi connectivity index (χ4n) is 2.09. The first-order valence-corrected chi connectivity index (χ1v) is 6.41. The molecule has 0 aromatic carbocycles. The maximum Gasteiger partial charge on any atom is 0.249 e. The van der Waals surface area contributed by atoms with Crippen LogP contribution in [0.3, 0.4) is 0 Å². The van der Waals surface area contributed by atoms with E-state index in [2.05, 4.69) is 5.32 Å². The summed E-state index contributed by atoms with van der Waals surface area (Å²) in [5.41, 5.74) is 5.35. The van der Waals surface area contributed by atoms with Gasteiger partial charge in [-0.25, -0.2) is 0 Å². The van der Waals surface area contributed by atoms with Gasteiger partial charge in [-0.15, -0.1) is 0 Å². The van der Waals surface area contributed by atoms with Crippen LogP contribution in [0.1, 0.15) is 45.4 Å². The Hall–Kier alpha value is -0.610. The minimum atomic E-state index is -0.297. The molecule has 0 aromatic rings. The molecule has 4 nitrogen and oxygen atoms in total. The van der Waals surface area contributed by atoms with Crippen molar-refractivity contribution in [3.63, 3.8) is 0 Å². The Kier molecular flexibility index (Phi) is 6.42. The van der Waals surface area contributed by atoms with Gasteiger partial charge in [0.1, 0.15) is 6.10 Å². The van der Waals surface area contributed by atoms with E-state index >= 15 is 0 Å². The van der Waals surface area contributed by atoms with E-state index in [1.54, 1.807) is 0 Å². The lowest BCUT2D eigenvalue weighted by Gasteiger charge is -2.26. The first-order valence-electron chi connectivity index (χ1n) is 6.41. The summed E-state index contributed by atoms with van der Waals surface area (Å²) in [5.74, 6) is -0.0153. The lowest BCUT2D eigenvalue weighted by molar-refractivity contribution is -0.138. The van der Waals surface area contributed by atoms with Crippen LogP contribution in [-0.2, 0) is 9.53 Å². The maximum atomic E-state index is 11.7. The van der Waals surface area contributed by atoms with Gasteiger partial charge in [-0.05, 0) is 19.3 Å². The first-order chi connectivity index (χ1) is 7.77. The van der Waals surface area contributed by atoms with Crippen molar-refractivity contribution in [1.82, 2.24) is 5.32 Å². The third-order valence-corrected chi connectivity index (χ3v) is 3.02. The van der Waals surface area contributed by atoms with Crippen LogP contribution in [-0.4, -0.2) is 31.2 Å². The van der Waals surface area contributed by atoms with E-state index in [1.807, 2.05) is 6.92 Å². The second-order valence-electron chi connectivity index (χ2n) is 4.37. The Bertz CT molecular complexity index is 203. The van der Waals surface area contributed by atoms with Crippen molar-refractivity contribution in [2.75, 3.05) is 13.1 Å². The van der Waals surface area contributed by atoms with Gasteiger partial charge in [-0.3, -0.25) is 4.79 Å². The molecule has 1 fully saturated rings. The van der Waals surface area contributed by atoms with E-state index in [9.17, 15) is 4.79 Å². The average molecular weight is 228 g/mol. The summed E-state index contributed by atoms with van der Waals surface area (Å²) in [7, 11) is 0. The number of ether oxygens (including phenoxy) is 1. The molecule has 4 heteroatoms. The number of nitrogens with two attached hydrogens (primary N) is 1. The molecule has 16 heavy (non-hydrogen) atoms. The second kappa shape index (κ2) is 7.63. The van der Waals surface area contributed by atoms with Crippen molar-refractivity contribution in [3.05, 3.63) is 0 Å². The predicted molar refractivity (Wildman–Crippen MR) is 64.1 cm³/mol. The van der Waals surface area contributed by atoms with E-state index in [-0.39, 0.29) is 18.1 Å². The molecule has 1 saturated carbocycles. The number of carbonyl (C=O) groups is 1. The Morgan fingerprint density at radius 3 is 2.69 bits per heavy atom. The summed E-state index contributed by atoms with van der Waals surface area (Å²) in [5, 5.41) is 2.78. The molecule has 1 amide bonds. The monoisotopic (exact) mass is 228 g/mol. The van der Waals surface area contributed by atoms with Gasteiger partial charge in [-0.2, -0.15) is 0 Å². The van der Waals surface area contributed by atoms with Gasteiger partial charge >= 0.3 is 0 Å². The normalized spacial score (nSPS) is 19.4. The van der Waals surface area contributed by atoms with Crippen LogP contribution in [0.25, 0.3) is 0 Å². The molecule has 0 aromatic heterocycles. The summed E-state index contributed by atoms with van der Waals surface area (Å²) >= 11 is 0. The van der Waals surface area contributed by atoms with Gasteiger partial charge in [-0.1, -0.05) is 26.2 Å². The summed E-state index contributed by atoms with van der Waals surface area (Å²) in [4.78, 5) is 11.7. The summed E-state index contributed by atoms with van der Waals surface area (Å²) in [6.45, 7) is 2.99. The van der Waals surface area contributed by atoms with Crippen LogP contribution in [0.4, 0.5) is 0 Å². The topological polar surface area (TPSA) is 64.3 Å². The maximum absolute atomic E-state index is 11.7. The highest BCUT2D eigenvalue weighted by atomic mass is 16.5. The Balaban J connectivity index is 2.31. The zero-order valence-electron chi connectivity index (χ0n) is 10.2. The molecule has 0 heterocycles. The van der Waals surface area contributed by atoms with Crippen LogP contribution < -0.4 is 11.1 Å². The predicted octanol–water partition coefficient (Wildman–Crippen LogP) is 1.19. The molecular formula is C12H24N2O2. The summed E-state index contributed by atoms with van der Waals surface area (Å²) in [6.07, 6.45) is 6.67. The molecule has 3 N–H and O–H groups in total. The minimum absolute atomic E-state index is 0.0153. The molecular weight excluding hydrogens is 204 g/mol. The van der Waals surface area contributed by atoms with E-state index < -0.39 is 0 Å². The number of nitrogens with one attached hydrogen (secondary N) is 1. The SMILES string of the molecule is CCC(OC1CCCCC1)C(=O)NCCN. The van der Waals surface area contributed by atoms with E-state index in [0.717, 1.165) is 19.3 Å². The fourth-order valence-corrected chi connectivity index (χ4v) is 2.09. The fraction of sp³-hybridized carbons (Fsp3) is 0.917. The smallest absolute Gasteiger partial charge is 0.249 e. The third kappa shape index (κ3) is 4.49. The highest BCUT2D eigenvalue weighted by Gasteiger charge is 2.22. The quantitative estimate of drug-likeness (QED) is 0.717. The van der Waals surface area contributed by atoms with Crippen LogP contribution in [0.2, 0.25) is 0 Å². The molecule has 0 bridgehead atoms. The lowest BCUT2D eigenvalue weighted by atomic mass is 9.97. The van der Waals surface area contributed by atoms with Crippen molar-refractivity contribution >= 4 is 5.91 Å². The highest BCUT2D eigenvalue weighted by molar-refractivity contribution is 5.80. The number of amides is 1. The van der Waals surface area contributed by atoms with E-state index in [4.69, 9.17) is 10.5 Å². The number of rotatable bonds is 6. The van der Waals surface area contributed by atoms with Gasteiger partial charge in [0, 0.05) is 13.1 Å². The molecule has 1 aliphatic carbocycles. The molecule has 0 radical (unpaired) electrons. The van der Waals surface area contributed by atoms with Crippen molar-refractivity contribution in [1.29, 1.82) is 0 Å². The van der Waals surface area contributed by atoms with Gasteiger partial charge in [0.15, 0.2) is 0 Å². The zero-order valence-corrected chi connectivity index (χ0v) is 10.2. The third-order valence-electron chi connectivity index (χ3n) is 3.02. The molecule has 1 unspecified atom stereocenters. The number of carbonyl (C=O) groups excluding carboxylic acids is 1. The van der Waals surface area contributed by atoms with Gasteiger partial charge < -0.3 is 15.8 Å². The average Bonchev–Trinajstić information content (AvgIpc) is 2.34. The van der Waals surface area contributed by atoms with Gasteiger partial charge in [0.2, 0.25) is 5.91 Å². The molecule has 1 aliphatic rings. The van der Waals surface area contributed by atoms with Crippen molar-refractivity contribution in [2.24, 2.45) is 5.73 Å². The number of hydrogen-bond donors (Lipinski definition) is 2. The highest BCUT2D eigenvalue weighted by Crippen LogP contribution is 2.22. The van der Waals surface area contributed by atoms with E-state index in [1.165, 1.54) is 19.3 Å². The Morgan fingerprint density at radius 1 is 1.44 bits per heavy atom. The Morgan fingerprint density at radius 2 is 2.12 bits per heavy atom. The summed E-state index contributed by atoms with van der Waals surface area (Å²) in [6, 6.07) is 0. The molecule has 0 spiro atoms. The first kappa shape index (κ1) is 13.5. The van der Waals surface area contributed by atoms with E-state index in [0.29, 0.717) is 13.1 Å². The van der Waals surface area contributed by atoms with Gasteiger partial charge in [0.05, 0.1) is 6.10 Å². The molecule has 94 valence electrons. The standard InChI is InChI=1S/C12H24N2O2/c1-2-11(12(15)14-9-8-13)16-10-6-4-3-5-7-10/h10-11H,2-9,13H2,1H3,(H,14,15). The molecule has 1 rings (SSSR count). The second-order valence-corrected chi connectivity index (χ2v) is 4.37. The van der Waals surface area contributed by atoms with Crippen molar-refractivity contribution < 1.29 is 9.53 Å². The zero-order chi connectivity index (χ0) is 11.8. The lowest BCUT2D eigenvalue weighted by Crippen LogP contribution is -2.40. The van der Waals surface area contributed by atoms with Gasteiger partial charge in [0.25, 0.3) is 0 Å². The molecule has 1 atom stereocenters. The number of hydrogen-bond acceptors (Lipinski definition) is 3. The van der Waals surface area contributed by atoms with Crippen LogP contribution >= 0.6 is 0 Å². The largest absolute Gasteiger partial charge is 0.365 e. The summed E-state index contributed by atoms with van der Waals surface area (Å²) < 4.78 is 5.85. The van der Waals surface area contributed by atoms with Crippen LogP contribution in [0.15, 0.2) is 0 Å². The van der Waals surface area contributed by atoms with Crippen LogP contribution in [0.5, 0.6) is 0 Å². The Labute approximate surface area is 97.9 Å². The van der Waals surface area contributed by atoms with Crippen molar-refractivity contribution in [3.8, 4) is 0 Å². The van der Waals surface area contributed by atoms with Crippen molar-refractivity contribution in [2.45, 2.75) is 57.7 Å². The molecule has 0 saturated heterocycles. The molecule has 0 aliphatic heterocycles. The minimum Gasteiger partial charge on any atom is -0.365 e.